The van der Waals surface area contributed by atoms with Crippen LogP contribution in [0.2, 0.25) is 5.02 Å². The Bertz CT molecular complexity index is 1110. The predicted molar refractivity (Wildman–Crippen MR) is 121 cm³/mol. The van der Waals surface area contributed by atoms with Crippen molar-refractivity contribution in [3.05, 3.63) is 92.4 Å². The Morgan fingerprint density at radius 1 is 1.07 bits per heavy atom. The molecule has 0 aliphatic rings. The van der Waals surface area contributed by atoms with Gasteiger partial charge in [-0.25, -0.2) is 4.79 Å². The molecule has 0 unspecified atom stereocenters. The molecule has 3 rings (SSSR count). The van der Waals surface area contributed by atoms with Crippen LogP contribution < -0.4 is 5.32 Å². The van der Waals surface area contributed by atoms with Crippen LogP contribution in [-0.4, -0.2) is 24.3 Å². The number of hydrogen-bond donors (Lipinski definition) is 1. The average molecular weight is 536 g/mol. The van der Waals surface area contributed by atoms with Crippen LogP contribution in [0.4, 0.5) is 5.69 Å². The predicted octanol–water partition coefficient (Wildman–Crippen LogP) is 4.96. The molecule has 0 aliphatic carbocycles. The molecule has 0 saturated carbocycles. The summed E-state index contributed by atoms with van der Waals surface area (Å²) in [7, 11) is 0. The number of benzene rings is 2. The van der Waals surface area contributed by atoms with Gasteiger partial charge in [0.05, 0.1) is 5.69 Å². The van der Waals surface area contributed by atoms with E-state index in [-0.39, 0.29) is 17.0 Å². The second kappa shape index (κ2) is 10.2. The molecule has 0 fully saturated rings. The first-order valence-electron chi connectivity index (χ1n) is 8.72. The molecule has 0 spiro atoms. The van der Waals surface area contributed by atoms with E-state index in [0.717, 1.165) is 6.08 Å². The highest BCUT2D eigenvalue weighted by molar-refractivity contribution is 14.1. The van der Waals surface area contributed by atoms with E-state index < -0.39 is 18.5 Å². The fraction of sp³-hybridized carbons (Fsp3) is 0.0455. The Kier molecular flexibility index (Phi) is 7.42. The van der Waals surface area contributed by atoms with Crippen LogP contribution in [0.15, 0.2) is 71.2 Å². The zero-order valence-corrected chi connectivity index (χ0v) is 18.3. The molecular formula is C22H15ClINO5. The molecule has 6 nitrogen and oxygen atoms in total. The lowest BCUT2D eigenvalue weighted by Crippen LogP contribution is -2.21. The number of esters is 1. The summed E-state index contributed by atoms with van der Waals surface area (Å²) in [5, 5.41) is 2.94. The molecule has 8 heteroatoms. The molecule has 0 bridgehead atoms. The van der Waals surface area contributed by atoms with Crippen LogP contribution in [0.5, 0.6) is 0 Å². The summed E-state index contributed by atoms with van der Waals surface area (Å²) in [6, 6.07) is 16.6. The lowest BCUT2D eigenvalue weighted by atomic mass is 10.0. The topological polar surface area (TPSA) is 85.6 Å². The van der Waals surface area contributed by atoms with E-state index in [1.807, 2.05) is 22.6 Å². The van der Waals surface area contributed by atoms with Crippen molar-refractivity contribution < 1.29 is 23.5 Å². The normalized spacial score (nSPS) is 10.7. The molecular weight excluding hydrogens is 521 g/mol. The van der Waals surface area contributed by atoms with E-state index in [1.165, 1.54) is 18.2 Å². The summed E-state index contributed by atoms with van der Waals surface area (Å²) in [5.41, 5.74) is 0.968. The third-order valence-corrected chi connectivity index (χ3v) is 4.67. The van der Waals surface area contributed by atoms with Gasteiger partial charge in [-0.1, -0.05) is 41.9 Å². The first-order chi connectivity index (χ1) is 14.4. The Morgan fingerprint density at radius 3 is 2.53 bits per heavy atom. The van der Waals surface area contributed by atoms with Crippen LogP contribution >= 0.6 is 34.2 Å². The fourth-order valence-corrected chi connectivity index (χ4v) is 3.10. The molecule has 0 saturated heterocycles. The SMILES string of the molecule is O=C(COC(=O)C=Cc1ccc(I)o1)Nc1ccc(Cl)cc1C(=O)c1ccccc1. The quantitative estimate of drug-likeness (QED) is 0.200. The number of ketones is 1. The number of hydrogen-bond acceptors (Lipinski definition) is 5. The first-order valence-corrected chi connectivity index (χ1v) is 10.2. The van der Waals surface area contributed by atoms with E-state index in [1.54, 1.807) is 48.5 Å². The number of halogens is 2. The Labute approximate surface area is 191 Å². The van der Waals surface area contributed by atoms with Crippen LogP contribution in [0, 0.1) is 3.77 Å². The molecule has 0 aliphatic heterocycles. The fourth-order valence-electron chi connectivity index (χ4n) is 2.50. The van der Waals surface area contributed by atoms with Crippen molar-refractivity contribution in [2.75, 3.05) is 11.9 Å². The van der Waals surface area contributed by atoms with Crippen molar-refractivity contribution in [1.82, 2.24) is 0 Å². The Morgan fingerprint density at radius 2 is 1.83 bits per heavy atom. The molecule has 0 atom stereocenters. The summed E-state index contributed by atoms with van der Waals surface area (Å²) < 4.78 is 10.9. The summed E-state index contributed by atoms with van der Waals surface area (Å²) in [5.74, 6) is -1.09. The number of carbonyl (C=O) groups is 3. The Balaban J connectivity index is 1.63. The van der Waals surface area contributed by atoms with Gasteiger partial charge in [-0.15, -0.1) is 0 Å². The van der Waals surface area contributed by atoms with E-state index in [9.17, 15) is 14.4 Å². The highest BCUT2D eigenvalue weighted by atomic mass is 127. The number of ether oxygens (including phenoxy) is 1. The molecule has 2 aromatic carbocycles. The van der Waals surface area contributed by atoms with Gasteiger partial charge < -0.3 is 14.5 Å². The van der Waals surface area contributed by atoms with Gasteiger partial charge >= 0.3 is 5.97 Å². The minimum atomic E-state index is -0.701. The minimum absolute atomic E-state index is 0.237. The summed E-state index contributed by atoms with van der Waals surface area (Å²) >= 11 is 8.03. The van der Waals surface area contributed by atoms with Crippen molar-refractivity contribution in [3.63, 3.8) is 0 Å². The van der Waals surface area contributed by atoms with Gasteiger partial charge in [0.1, 0.15) is 5.76 Å². The largest absolute Gasteiger partial charge is 0.452 e. The van der Waals surface area contributed by atoms with E-state index in [2.05, 4.69) is 5.32 Å². The van der Waals surface area contributed by atoms with E-state index in [0.29, 0.717) is 20.1 Å². The maximum Gasteiger partial charge on any atom is 0.331 e. The summed E-state index contributed by atoms with van der Waals surface area (Å²) in [4.78, 5) is 36.8. The first kappa shape index (κ1) is 21.8. The van der Waals surface area contributed by atoms with Crippen LogP contribution in [0.3, 0.4) is 0 Å². The maximum atomic E-state index is 12.8. The van der Waals surface area contributed by atoms with Crippen molar-refractivity contribution in [2.24, 2.45) is 0 Å². The highest BCUT2D eigenvalue weighted by Gasteiger charge is 2.16. The standard InChI is InChI=1S/C22H15ClINO5/c23-15-6-9-18(17(12-15)22(28)14-4-2-1-3-5-14)25-20(26)13-29-21(27)11-8-16-7-10-19(24)30-16/h1-12H,13H2,(H,25,26). The summed E-state index contributed by atoms with van der Waals surface area (Å²) in [6.45, 7) is -0.513. The zero-order chi connectivity index (χ0) is 21.5. The number of carbonyl (C=O) groups excluding carboxylic acids is 3. The van der Waals surface area contributed by atoms with Gasteiger partial charge in [0.15, 0.2) is 16.2 Å². The molecule has 30 heavy (non-hydrogen) atoms. The van der Waals surface area contributed by atoms with Gasteiger partial charge in [0.2, 0.25) is 0 Å². The van der Waals surface area contributed by atoms with Gasteiger partial charge in [-0.2, -0.15) is 0 Å². The molecule has 152 valence electrons. The molecule has 1 aromatic heterocycles. The highest BCUT2D eigenvalue weighted by Crippen LogP contribution is 2.23. The lowest BCUT2D eigenvalue weighted by molar-refractivity contribution is -0.142. The van der Waals surface area contributed by atoms with Crippen LogP contribution in [0.1, 0.15) is 21.7 Å². The molecule has 1 heterocycles. The van der Waals surface area contributed by atoms with Crippen molar-refractivity contribution >= 4 is 63.6 Å². The number of rotatable bonds is 7. The monoisotopic (exact) mass is 535 g/mol. The molecule has 1 amide bonds. The molecule has 1 N–H and O–H groups in total. The van der Waals surface area contributed by atoms with E-state index >= 15 is 0 Å². The van der Waals surface area contributed by atoms with Crippen molar-refractivity contribution in [1.29, 1.82) is 0 Å². The number of amides is 1. The van der Waals surface area contributed by atoms with Gasteiger partial charge in [0, 0.05) is 22.2 Å². The Hall–Kier alpha value is -2.91. The number of furan rings is 1. The summed E-state index contributed by atoms with van der Waals surface area (Å²) in [6.07, 6.45) is 2.60. The zero-order valence-electron chi connectivity index (χ0n) is 15.4. The van der Waals surface area contributed by atoms with Gasteiger partial charge in [-0.05, 0) is 59.0 Å². The minimum Gasteiger partial charge on any atom is -0.452 e. The third-order valence-electron chi connectivity index (χ3n) is 3.86. The number of nitrogens with one attached hydrogen (secondary N) is 1. The van der Waals surface area contributed by atoms with Crippen molar-refractivity contribution in [3.8, 4) is 0 Å². The van der Waals surface area contributed by atoms with Gasteiger partial charge in [-0.3, -0.25) is 9.59 Å². The van der Waals surface area contributed by atoms with Crippen molar-refractivity contribution in [2.45, 2.75) is 0 Å². The maximum absolute atomic E-state index is 12.8. The second-order valence-electron chi connectivity index (χ2n) is 6.02. The number of anilines is 1. The third kappa shape index (κ3) is 6.04. The smallest absolute Gasteiger partial charge is 0.331 e. The average Bonchev–Trinajstić information content (AvgIpc) is 3.17. The van der Waals surface area contributed by atoms with Crippen LogP contribution in [0.25, 0.3) is 6.08 Å². The second-order valence-corrected chi connectivity index (χ2v) is 7.52. The molecule has 0 radical (unpaired) electrons. The van der Waals surface area contributed by atoms with Crippen LogP contribution in [-0.2, 0) is 14.3 Å². The lowest BCUT2D eigenvalue weighted by Gasteiger charge is -2.11. The van der Waals surface area contributed by atoms with E-state index in [4.69, 9.17) is 20.8 Å². The molecule has 3 aromatic rings. The van der Waals surface area contributed by atoms with Gasteiger partial charge in [0.25, 0.3) is 5.91 Å².